The van der Waals surface area contributed by atoms with Crippen molar-refractivity contribution >= 4 is 11.6 Å². The molecule has 0 aliphatic rings. The Morgan fingerprint density at radius 1 is 1.10 bits per heavy atom. The molecule has 4 heteroatoms. The van der Waals surface area contributed by atoms with Crippen molar-refractivity contribution in [1.82, 2.24) is 0 Å². The topological polar surface area (TPSA) is 44.1 Å². The Labute approximate surface area is 116 Å². The molecule has 1 amide bonds. The average molecular weight is 268 g/mol. The molecule has 2 aromatic rings. The van der Waals surface area contributed by atoms with Gasteiger partial charge in [0.2, 0.25) is 0 Å². The van der Waals surface area contributed by atoms with Gasteiger partial charge in [0.25, 0.3) is 5.91 Å². The lowest BCUT2D eigenvalue weighted by atomic mass is 10.1. The van der Waals surface area contributed by atoms with Gasteiger partial charge >= 0.3 is 0 Å². The van der Waals surface area contributed by atoms with Crippen LogP contribution >= 0.6 is 0 Å². The van der Waals surface area contributed by atoms with E-state index in [1.807, 2.05) is 24.3 Å². The average Bonchev–Trinajstić information content (AvgIpc) is 2.49. The minimum Gasteiger partial charge on any atom is -0.307 e. The van der Waals surface area contributed by atoms with E-state index in [9.17, 15) is 9.18 Å². The monoisotopic (exact) mass is 268 g/mol. The van der Waals surface area contributed by atoms with Crippen molar-refractivity contribution in [3.8, 4) is 6.07 Å². The van der Waals surface area contributed by atoms with Gasteiger partial charge in [0, 0.05) is 17.8 Å². The van der Waals surface area contributed by atoms with E-state index in [0.29, 0.717) is 12.1 Å². The number of carbonyl (C=O) groups excluding carboxylic acids is 1. The SMILES string of the molecule is N#CCCN(C(=O)c1ccc(F)cc1)c1ccccc1. The Kier molecular flexibility index (Phi) is 4.46. The molecule has 3 nitrogen and oxygen atoms in total. The van der Waals surface area contributed by atoms with Gasteiger partial charge in [0.1, 0.15) is 5.82 Å². The second-order valence-electron chi connectivity index (χ2n) is 4.21. The van der Waals surface area contributed by atoms with Crippen LogP contribution < -0.4 is 4.90 Å². The van der Waals surface area contributed by atoms with Crippen LogP contribution in [0.15, 0.2) is 54.6 Å². The number of para-hydroxylation sites is 1. The van der Waals surface area contributed by atoms with E-state index in [-0.39, 0.29) is 18.1 Å². The van der Waals surface area contributed by atoms with Gasteiger partial charge in [-0.2, -0.15) is 5.26 Å². The number of nitrogens with zero attached hydrogens (tertiary/aromatic N) is 2. The lowest BCUT2D eigenvalue weighted by Crippen LogP contribution is -2.31. The molecule has 0 bridgehead atoms. The summed E-state index contributed by atoms with van der Waals surface area (Å²) in [5, 5.41) is 8.71. The molecule has 20 heavy (non-hydrogen) atoms. The number of carbonyl (C=O) groups is 1. The van der Waals surface area contributed by atoms with E-state index in [1.165, 1.54) is 29.2 Å². The summed E-state index contributed by atoms with van der Waals surface area (Å²) in [5.74, 6) is -0.628. The van der Waals surface area contributed by atoms with Crippen molar-refractivity contribution in [3.63, 3.8) is 0 Å². The highest BCUT2D eigenvalue weighted by Crippen LogP contribution is 2.17. The second-order valence-corrected chi connectivity index (χ2v) is 4.21. The first-order valence-corrected chi connectivity index (χ1v) is 6.22. The van der Waals surface area contributed by atoms with Crippen molar-refractivity contribution in [2.75, 3.05) is 11.4 Å². The van der Waals surface area contributed by atoms with Crippen LogP contribution in [0.5, 0.6) is 0 Å². The maximum absolute atomic E-state index is 12.9. The van der Waals surface area contributed by atoms with E-state index < -0.39 is 0 Å². The number of halogens is 1. The molecular weight excluding hydrogens is 255 g/mol. The highest BCUT2D eigenvalue weighted by Gasteiger charge is 2.17. The summed E-state index contributed by atoms with van der Waals surface area (Å²) in [4.78, 5) is 14.0. The van der Waals surface area contributed by atoms with Crippen LogP contribution in [0.4, 0.5) is 10.1 Å². The van der Waals surface area contributed by atoms with Gasteiger partial charge in [-0.3, -0.25) is 4.79 Å². The minimum atomic E-state index is -0.384. The molecule has 0 fully saturated rings. The van der Waals surface area contributed by atoms with Crippen LogP contribution in [-0.2, 0) is 0 Å². The van der Waals surface area contributed by atoms with Gasteiger partial charge < -0.3 is 4.90 Å². The fourth-order valence-electron chi connectivity index (χ4n) is 1.87. The summed E-state index contributed by atoms with van der Waals surface area (Å²) in [6.45, 7) is 0.302. The first-order valence-electron chi connectivity index (χ1n) is 6.22. The zero-order valence-electron chi connectivity index (χ0n) is 10.8. The van der Waals surface area contributed by atoms with Crippen LogP contribution in [0.25, 0.3) is 0 Å². The molecule has 0 N–H and O–H groups in total. The summed E-state index contributed by atoms with van der Waals surface area (Å²) >= 11 is 0. The maximum Gasteiger partial charge on any atom is 0.258 e. The number of hydrogen-bond donors (Lipinski definition) is 0. The molecular formula is C16H13FN2O. The Balaban J connectivity index is 2.29. The number of benzene rings is 2. The molecule has 0 atom stereocenters. The van der Waals surface area contributed by atoms with Crippen LogP contribution in [0.3, 0.4) is 0 Å². The molecule has 0 radical (unpaired) electrons. The first-order chi connectivity index (χ1) is 9.72. The fraction of sp³-hybridized carbons (Fsp3) is 0.125. The molecule has 0 saturated heterocycles. The normalized spacial score (nSPS) is 9.80. The van der Waals surface area contributed by atoms with E-state index in [4.69, 9.17) is 5.26 Å². The molecule has 0 saturated carbocycles. The Morgan fingerprint density at radius 3 is 2.35 bits per heavy atom. The lowest BCUT2D eigenvalue weighted by Gasteiger charge is -2.21. The number of hydrogen-bond acceptors (Lipinski definition) is 2. The van der Waals surface area contributed by atoms with E-state index in [1.54, 1.807) is 12.1 Å². The molecule has 0 aliphatic carbocycles. The smallest absolute Gasteiger partial charge is 0.258 e. The number of amides is 1. The van der Waals surface area contributed by atoms with Gasteiger partial charge in [0.15, 0.2) is 0 Å². The minimum absolute atomic E-state index is 0.238. The highest BCUT2D eigenvalue weighted by atomic mass is 19.1. The number of nitriles is 1. The summed E-state index contributed by atoms with van der Waals surface area (Å²) in [6, 6.07) is 16.5. The van der Waals surface area contributed by atoms with Crippen molar-refractivity contribution < 1.29 is 9.18 Å². The molecule has 0 unspecified atom stereocenters. The molecule has 2 rings (SSSR count). The first kappa shape index (κ1) is 13.8. The number of rotatable bonds is 4. The molecule has 0 aliphatic heterocycles. The van der Waals surface area contributed by atoms with Gasteiger partial charge in [-0.1, -0.05) is 18.2 Å². The predicted molar refractivity (Wildman–Crippen MR) is 74.7 cm³/mol. The largest absolute Gasteiger partial charge is 0.307 e. The molecule has 2 aromatic carbocycles. The summed E-state index contributed by atoms with van der Waals surface area (Å²) in [5.41, 5.74) is 1.12. The lowest BCUT2D eigenvalue weighted by molar-refractivity contribution is 0.0987. The van der Waals surface area contributed by atoms with E-state index >= 15 is 0 Å². The quantitative estimate of drug-likeness (QED) is 0.853. The standard InChI is InChI=1S/C16H13FN2O/c17-14-9-7-13(8-10-14)16(20)19(12-4-11-18)15-5-2-1-3-6-15/h1-3,5-10H,4,12H2. The van der Waals surface area contributed by atoms with Crippen LogP contribution in [-0.4, -0.2) is 12.5 Å². The molecule has 100 valence electrons. The third-order valence-electron chi connectivity index (χ3n) is 2.85. The van der Waals surface area contributed by atoms with Gasteiger partial charge in [0.05, 0.1) is 12.5 Å². The third kappa shape index (κ3) is 3.21. The van der Waals surface area contributed by atoms with Crippen LogP contribution in [0.1, 0.15) is 16.8 Å². The fourth-order valence-corrected chi connectivity index (χ4v) is 1.87. The Hall–Kier alpha value is -2.67. The zero-order chi connectivity index (χ0) is 14.4. The maximum atomic E-state index is 12.9. The Morgan fingerprint density at radius 2 is 1.75 bits per heavy atom. The van der Waals surface area contributed by atoms with Crippen molar-refractivity contribution in [2.24, 2.45) is 0 Å². The summed E-state index contributed by atoms with van der Waals surface area (Å²) in [7, 11) is 0. The van der Waals surface area contributed by atoms with E-state index in [0.717, 1.165) is 5.69 Å². The highest BCUT2D eigenvalue weighted by molar-refractivity contribution is 6.06. The second kappa shape index (κ2) is 6.48. The number of anilines is 1. The van der Waals surface area contributed by atoms with Crippen molar-refractivity contribution in [2.45, 2.75) is 6.42 Å². The summed E-state index contributed by atoms with van der Waals surface area (Å²) in [6.07, 6.45) is 0.238. The van der Waals surface area contributed by atoms with Crippen molar-refractivity contribution in [3.05, 3.63) is 66.0 Å². The molecule has 0 aromatic heterocycles. The van der Waals surface area contributed by atoms with Crippen LogP contribution in [0, 0.1) is 17.1 Å². The van der Waals surface area contributed by atoms with Gasteiger partial charge in [-0.05, 0) is 36.4 Å². The third-order valence-corrected chi connectivity index (χ3v) is 2.85. The Bertz CT molecular complexity index is 617. The zero-order valence-corrected chi connectivity index (χ0v) is 10.8. The van der Waals surface area contributed by atoms with Gasteiger partial charge in [-0.15, -0.1) is 0 Å². The molecule has 0 spiro atoms. The van der Waals surface area contributed by atoms with E-state index in [2.05, 4.69) is 0 Å². The van der Waals surface area contributed by atoms with Crippen molar-refractivity contribution in [1.29, 1.82) is 5.26 Å². The predicted octanol–water partition coefficient (Wildman–Crippen LogP) is 3.39. The van der Waals surface area contributed by atoms with Gasteiger partial charge in [-0.25, -0.2) is 4.39 Å². The van der Waals surface area contributed by atoms with Crippen LogP contribution in [0.2, 0.25) is 0 Å². The summed E-state index contributed by atoms with van der Waals surface area (Å²) < 4.78 is 12.9. The molecule has 0 heterocycles.